The van der Waals surface area contributed by atoms with Crippen molar-refractivity contribution < 1.29 is 23.0 Å². The Balaban J connectivity index is 1.55. The van der Waals surface area contributed by atoms with Gasteiger partial charge in [-0.25, -0.2) is 0 Å². The van der Waals surface area contributed by atoms with Crippen molar-refractivity contribution >= 4 is 29.3 Å². The van der Waals surface area contributed by atoms with Gasteiger partial charge in [-0.3, -0.25) is 4.79 Å². The lowest BCUT2D eigenvalue weighted by molar-refractivity contribution is -0.147. The van der Waals surface area contributed by atoms with E-state index in [4.69, 9.17) is 21.1 Å². The number of alkyl halides is 3. The van der Waals surface area contributed by atoms with Gasteiger partial charge in [-0.15, -0.1) is 11.6 Å². The van der Waals surface area contributed by atoms with Gasteiger partial charge in [-0.2, -0.15) is 8.78 Å². The number of hydrogen-bond acceptors (Lipinski definition) is 4. The fourth-order valence-electron chi connectivity index (χ4n) is 3.49. The summed E-state index contributed by atoms with van der Waals surface area (Å²) in [6.07, 6.45) is 2.30. The molecule has 1 aliphatic rings. The predicted octanol–water partition coefficient (Wildman–Crippen LogP) is 6.92. The SMILES string of the molecule is CC1(C)C(C=CC(F)(F)SCCCl)C1C(=O)OCc1cccc(Oc2ccccc2)c1. The minimum absolute atomic E-state index is 0.0928. The van der Waals surface area contributed by atoms with E-state index in [0.717, 1.165) is 11.6 Å². The van der Waals surface area contributed by atoms with E-state index >= 15 is 0 Å². The van der Waals surface area contributed by atoms with E-state index in [1.54, 1.807) is 0 Å². The van der Waals surface area contributed by atoms with Crippen molar-refractivity contribution in [3.8, 4) is 11.5 Å². The Labute approximate surface area is 190 Å². The van der Waals surface area contributed by atoms with Gasteiger partial charge in [0.2, 0.25) is 0 Å². The van der Waals surface area contributed by atoms with Crippen molar-refractivity contribution in [3.05, 3.63) is 72.3 Å². The number of carbonyl (C=O) groups excluding carboxylic acids is 1. The van der Waals surface area contributed by atoms with Gasteiger partial charge in [-0.05, 0) is 47.2 Å². The number of esters is 1. The molecule has 0 spiro atoms. The molecule has 0 N–H and O–H groups in total. The molecule has 2 atom stereocenters. The summed E-state index contributed by atoms with van der Waals surface area (Å²) < 4.78 is 38.9. The molecule has 3 rings (SSSR count). The first kappa shape index (κ1) is 23.6. The van der Waals surface area contributed by atoms with E-state index < -0.39 is 16.6 Å². The van der Waals surface area contributed by atoms with Gasteiger partial charge in [0.1, 0.15) is 18.1 Å². The lowest BCUT2D eigenvalue weighted by Crippen LogP contribution is -2.11. The molecule has 2 aromatic rings. The zero-order valence-electron chi connectivity index (χ0n) is 17.4. The molecule has 31 heavy (non-hydrogen) atoms. The van der Waals surface area contributed by atoms with Gasteiger partial charge in [0, 0.05) is 11.6 Å². The van der Waals surface area contributed by atoms with Crippen LogP contribution in [0.15, 0.2) is 66.7 Å². The normalized spacial score (nSPS) is 19.9. The standard InChI is InChI=1S/C24H25ClF2O3S/c1-23(2)20(11-12-24(26,27)31-14-13-25)21(23)22(28)29-16-17-7-6-10-19(15-17)30-18-8-4-3-5-9-18/h3-12,15,20-21H,13-14,16H2,1-2H3. The van der Waals surface area contributed by atoms with Crippen LogP contribution in [0.25, 0.3) is 0 Å². The van der Waals surface area contributed by atoms with Crippen LogP contribution < -0.4 is 4.74 Å². The highest BCUT2D eigenvalue weighted by Gasteiger charge is 2.61. The van der Waals surface area contributed by atoms with E-state index in [1.807, 2.05) is 68.4 Å². The summed E-state index contributed by atoms with van der Waals surface area (Å²) in [5.74, 6) is 0.569. The maximum atomic E-state index is 13.8. The molecular formula is C24H25ClF2O3S. The number of para-hydroxylation sites is 1. The average molecular weight is 467 g/mol. The Bertz CT molecular complexity index is 918. The smallest absolute Gasteiger partial charge is 0.312 e. The summed E-state index contributed by atoms with van der Waals surface area (Å²) in [4.78, 5) is 12.6. The molecule has 7 heteroatoms. The molecule has 0 aromatic heterocycles. The lowest BCUT2D eigenvalue weighted by Gasteiger charge is -2.09. The third-order valence-electron chi connectivity index (χ3n) is 5.29. The number of thioether (sulfide) groups is 1. The van der Waals surface area contributed by atoms with Crippen LogP contribution in [0.3, 0.4) is 0 Å². The topological polar surface area (TPSA) is 35.5 Å². The van der Waals surface area contributed by atoms with Crippen molar-refractivity contribution in [2.45, 2.75) is 25.7 Å². The summed E-state index contributed by atoms with van der Waals surface area (Å²) in [5, 5.41) is -3.00. The van der Waals surface area contributed by atoms with E-state index in [-0.39, 0.29) is 30.1 Å². The van der Waals surface area contributed by atoms with E-state index in [9.17, 15) is 13.6 Å². The quantitative estimate of drug-likeness (QED) is 0.216. The highest BCUT2D eigenvalue weighted by Crippen LogP contribution is 2.60. The minimum atomic E-state index is -3.00. The fraction of sp³-hybridized carbons (Fsp3) is 0.375. The summed E-state index contributed by atoms with van der Waals surface area (Å²) >= 11 is 5.97. The molecule has 0 radical (unpaired) electrons. The van der Waals surface area contributed by atoms with Gasteiger partial charge in [0.25, 0.3) is 0 Å². The van der Waals surface area contributed by atoms with Crippen molar-refractivity contribution in [3.63, 3.8) is 0 Å². The Morgan fingerprint density at radius 1 is 1.16 bits per heavy atom. The zero-order valence-corrected chi connectivity index (χ0v) is 19.0. The molecule has 2 unspecified atom stereocenters. The maximum absolute atomic E-state index is 13.8. The Hall–Kier alpha value is -2.05. The van der Waals surface area contributed by atoms with Crippen molar-refractivity contribution in [1.82, 2.24) is 0 Å². The molecule has 0 heterocycles. The second kappa shape index (κ2) is 10.0. The monoisotopic (exact) mass is 466 g/mol. The third-order valence-corrected chi connectivity index (χ3v) is 6.63. The van der Waals surface area contributed by atoms with Gasteiger partial charge in [0.15, 0.2) is 0 Å². The molecule has 2 aromatic carbocycles. The van der Waals surface area contributed by atoms with Gasteiger partial charge in [-0.1, -0.05) is 62.0 Å². The number of rotatable bonds is 10. The molecule has 0 bridgehead atoms. The number of carbonyl (C=O) groups is 1. The molecule has 166 valence electrons. The van der Waals surface area contributed by atoms with Gasteiger partial charge < -0.3 is 9.47 Å². The third kappa shape index (κ3) is 6.47. The Morgan fingerprint density at radius 2 is 1.87 bits per heavy atom. The second-order valence-corrected chi connectivity index (χ2v) is 9.57. The van der Waals surface area contributed by atoms with Crippen LogP contribution >= 0.6 is 23.4 Å². The molecule has 1 aliphatic carbocycles. The molecule has 0 amide bonds. The largest absolute Gasteiger partial charge is 0.461 e. The Kier molecular flexibility index (Phi) is 7.65. The van der Waals surface area contributed by atoms with Gasteiger partial charge >= 0.3 is 11.2 Å². The first-order valence-electron chi connectivity index (χ1n) is 9.98. The van der Waals surface area contributed by atoms with Crippen molar-refractivity contribution in [2.24, 2.45) is 17.3 Å². The summed E-state index contributed by atoms with van der Waals surface area (Å²) in [6, 6.07) is 16.7. The van der Waals surface area contributed by atoms with E-state index in [2.05, 4.69) is 0 Å². The van der Waals surface area contributed by atoms with E-state index in [1.165, 1.54) is 6.08 Å². The summed E-state index contributed by atoms with van der Waals surface area (Å²) in [5.41, 5.74) is 0.371. The second-order valence-electron chi connectivity index (χ2n) is 7.95. The van der Waals surface area contributed by atoms with Crippen LogP contribution in [0.2, 0.25) is 0 Å². The van der Waals surface area contributed by atoms with Crippen molar-refractivity contribution in [1.29, 1.82) is 0 Å². The number of benzene rings is 2. The number of allylic oxidation sites excluding steroid dienone is 1. The summed E-state index contributed by atoms with van der Waals surface area (Å²) in [6.45, 7) is 3.86. The molecule has 1 fully saturated rings. The lowest BCUT2D eigenvalue weighted by atomic mass is 10.1. The fourth-order valence-corrected chi connectivity index (χ4v) is 4.25. The van der Waals surface area contributed by atoms with Crippen LogP contribution in [0.5, 0.6) is 11.5 Å². The van der Waals surface area contributed by atoms with Crippen LogP contribution in [0.4, 0.5) is 8.78 Å². The first-order valence-corrected chi connectivity index (χ1v) is 11.5. The molecular weight excluding hydrogens is 442 g/mol. The van der Waals surface area contributed by atoms with Gasteiger partial charge in [0.05, 0.1) is 5.92 Å². The molecule has 3 nitrogen and oxygen atoms in total. The van der Waals surface area contributed by atoms with Crippen LogP contribution in [0.1, 0.15) is 19.4 Å². The van der Waals surface area contributed by atoms with Crippen molar-refractivity contribution in [2.75, 3.05) is 11.6 Å². The summed E-state index contributed by atoms with van der Waals surface area (Å²) in [7, 11) is 0. The highest BCUT2D eigenvalue weighted by molar-refractivity contribution is 8.00. The van der Waals surface area contributed by atoms with Crippen LogP contribution in [-0.4, -0.2) is 22.9 Å². The molecule has 1 saturated carbocycles. The number of ether oxygens (including phenoxy) is 2. The number of halogens is 3. The zero-order chi connectivity index (χ0) is 22.5. The predicted molar refractivity (Wildman–Crippen MR) is 121 cm³/mol. The maximum Gasteiger partial charge on any atom is 0.312 e. The van der Waals surface area contributed by atoms with Crippen LogP contribution in [-0.2, 0) is 16.1 Å². The number of hydrogen-bond donors (Lipinski definition) is 0. The highest BCUT2D eigenvalue weighted by atomic mass is 35.5. The van der Waals surface area contributed by atoms with Crippen LogP contribution in [0, 0.1) is 17.3 Å². The molecule has 0 aliphatic heterocycles. The minimum Gasteiger partial charge on any atom is -0.461 e. The first-order chi connectivity index (χ1) is 14.7. The Morgan fingerprint density at radius 3 is 2.58 bits per heavy atom. The van der Waals surface area contributed by atoms with E-state index in [0.29, 0.717) is 23.3 Å². The average Bonchev–Trinajstić information content (AvgIpc) is 3.30. The molecule has 0 saturated heterocycles.